The number of aryl methyl sites for hydroxylation is 1. The Bertz CT molecular complexity index is 595. The summed E-state index contributed by atoms with van der Waals surface area (Å²) in [5.41, 5.74) is 7.98. The van der Waals surface area contributed by atoms with E-state index in [1.807, 2.05) is 13.0 Å². The van der Waals surface area contributed by atoms with Gasteiger partial charge in [0.15, 0.2) is 0 Å². The zero-order valence-electron chi connectivity index (χ0n) is 12.2. The summed E-state index contributed by atoms with van der Waals surface area (Å²) >= 11 is 0. The molecule has 1 saturated carbocycles. The summed E-state index contributed by atoms with van der Waals surface area (Å²) in [4.78, 5) is 23.8. The van der Waals surface area contributed by atoms with Crippen LogP contribution in [0.4, 0.5) is 5.69 Å². The van der Waals surface area contributed by atoms with E-state index < -0.39 is 0 Å². The first kappa shape index (κ1) is 14.1. The molecule has 1 aliphatic carbocycles. The summed E-state index contributed by atoms with van der Waals surface area (Å²) in [5, 5.41) is 5.91. The van der Waals surface area contributed by atoms with Crippen molar-refractivity contribution >= 4 is 17.5 Å². The molecule has 1 heterocycles. The maximum Gasteiger partial charge on any atom is 0.251 e. The van der Waals surface area contributed by atoms with Gasteiger partial charge in [0.25, 0.3) is 5.91 Å². The van der Waals surface area contributed by atoms with Crippen molar-refractivity contribution in [2.75, 3.05) is 11.9 Å². The van der Waals surface area contributed by atoms with Crippen molar-refractivity contribution in [2.45, 2.75) is 38.1 Å². The van der Waals surface area contributed by atoms with Gasteiger partial charge in [-0.05, 0) is 55.9 Å². The van der Waals surface area contributed by atoms with Crippen LogP contribution >= 0.6 is 0 Å². The Hall–Kier alpha value is -1.88. The Labute approximate surface area is 124 Å². The molecule has 1 aliphatic heterocycles. The highest BCUT2D eigenvalue weighted by atomic mass is 16.2. The van der Waals surface area contributed by atoms with Crippen LogP contribution in [-0.2, 0) is 11.2 Å². The first-order valence-corrected chi connectivity index (χ1v) is 7.47. The molecule has 0 bridgehead atoms. The molecule has 21 heavy (non-hydrogen) atoms. The third-order valence-corrected chi connectivity index (χ3v) is 4.56. The lowest BCUT2D eigenvalue weighted by atomic mass is 9.94. The Morgan fingerprint density at radius 2 is 2.19 bits per heavy atom. The molecule has 0 saturated heterocycles. The number of nitrogens with two attached hydrogens (primary N) is 1. The van der Waals surface area contributed by atoms with Gasteiger partial charge >= 0.3 is 0 Å². The van der Waals surface area contributed by atoms with Crippen LogP contribution in [0.1, 0.15) is 42.1 Å². The minimum Gasteiger partial charge on any atom is -0.345 e. The number of hydrogen-bond donors (Lipinski definition) is 3. The summed E-state index contributed by atoms with van der Waals surface area (Å²) in [6, 6.07) is 5.43. The molecule has 112 valence electrons. The van der Waals surface area contributed by atoms with Crippen LogP contribution in [0.25, 0.3) is 0 Å². The average molecular weight is 287 g/mol. The fourth-order valence-electron chi connectivity index (χ4n) is 2.90. The summed E-state index contributed by atoms with van der Waals surface area (Å²) in [6.45, 7) is 2.46. The van der Waals surface area contributed by atoms with E-state index in [0.717, 1.165) is 24.1 Å². The SMILES string of the molecule is CC(CN)(NC(=O)c1ccc2c(c1)CCC(=O)N2)C1CC1. The highest BCUT2D eigenvalue weighted by Crippen LogP contribution is 2.39. The van der Waals surface area contributed by atoms with E-state index in [1.54, 1.807) is 12.1 Å². The van der Waals surface area contributed by atoms with Crippen LogP contribution in [0.2, 0.25) is 0 Å². The van der Waals surface area contributed by atoms with Gasteiger partial charge in [0.05, 0.1) is 5.54 Å². The standard InChI is InChI=1S/C16H21N3O2/c1-16(9-17,12-4-5-12)19-15(21)11-2-6-13-10(8-11)3-7-14(20)18-13/h2,6,8,12H,3-5,7,9,17H2,1H3,(H,18,20)(H,19,21). The molecule has 0 radical (unpaired) electrons. The van der Waals surface area contributed by atoms with Crippen molar-refractivity contribution in [1.29, 1.82) is 0 Å². The van der Waals surface area contributed by atoms with Crippen LogP contribution in [0.15, 0.2) is 18.2 Å². The van der Waals surface area contributed by atoms with Gasteiger partial charge in [0.2, 0.25) is 5.91 Å². The van der Waals surface area contributed by atoms with Crippen LogP contribution in [0.5, 0.6) is 0 Å². The molecule has 1 aromatic rings. The van der Waals surface area contributed by atoms with E-state index in [0.29, 0.717) is 30.9 Å². The summed E-state index contributed by atoms with van der Waals surface area (Å²) in [6.07, 6.45) is 3.41. The number of nitrogens with one attached hydrogen (secondary N) is 2. The number of fused-ring (bicyclic) bond motifs is 1. The van der Waals surface area contributed by atoms with E-state index in [-0.39, 0.29) is 17.4 Å². The van der Waals surface area contributed by atoms with E-state index in [9.17, 15) is 9.59 Å². The second-order valence-corrected chi connectivity index (χ2v) is 6.27. The Morgan fingerprint density at radius 3 is 2.86 bits per heavy atom. The summed E-state index contributed by atoms with van der Waals surface area (Å²) < 4.78 is 0. The minimum absolute atomic E-state index is 0.0316. The largest absolute Gasteiger partial charge is 0.345 e. The molecule has 1 unspecified atom stereocenters. The highest BCUT2D eigenvalue weighted by molar-refractivity contribution is 5.98. The zero-order chi connectivity index (χ0) is 15.0. The molecule has 1 atom stereocenters. The summed E-state index contributed by atoms with van der Waals surface area (Å²) in [7, 11) is 0. The highest BCUT2D eigenvalue weighted by Gasteiger charge is 2.41. The van der Waals surface area contributed by atoms with E-state index in [2.05, 4.69) is 10.6 Å². The van der Waals surface area contributed by atoms with Crippen molar-refractivity contribution in [1.82, 2.24) is 5.32 Å². The number of carbonyl (C=O) groups is 2. The Kier molecular flexibility index (Phi) is 3.45. The quantitative estimate of drug-likeness (QED) is 0.783. The van der Waals surface area contributed by atoms with Gasteiger partial charge in [-0.3, -0.25) is 9.59 Å². The summed E-state index contributed by atoms with van der Waals surface area (Å²) in [5.74, 6) is 0.432. The predicted molar refractivity (Wildman–Crippen MR) is 81.0 cm³/mol. The molecule has 2 aliphatic rings. The fraction of sp³-hybridized carbons (Fsp3) is 0.500. The monoisotopic (exact) mass is 287 g/mol. The second-order valence-electron chi connectivity index (χ2n) is 6.27. The number of benzene rings is 1. The van der Waals surface area contributed by atoms with E-state index >= 15 is 0 Å². The number of hydrogen-bond acceptors (Lipinski definition) is 3. The van der Waals surface area contributed by atoms with Gasteiger partial charge in [-0.25, -0.2) is 0 Å². The average Bonchev–Trinajstić information content (AvgIpc) is 3.31. The van der Waals surface area contributed by atoms with E-state index in [1.165, 1.54) is 0 Å². The van der Waals surface area contributed by atoms with Gasteiger partial charge in [0.1, 0.15) is 0 Å². The van der Waals surface area contributed by atoms with Crippen molar-refractivity contribution in [2.24, 2.45) is 11.7 Å². The van der Waals surface area contributed by atoms with Gasteiger partial charge in [-0.1, -0.05) is 0 Å². The molecule has 1 aromatic carbocycles. The Balaban J connectivity index is 1.77. The van der Waals surface area contributed by atoms with Crippen LogP contribution < -0.4 is 16.4 Å². The molecule has 5 heteroatoms. The Morgan fingerprint density at radius 1 is 1.43 bits per heavy atom. The first-order valence-electron chi connectivity index (χ1n) is 7.47. The molecule has 0 aromatic heterocycles. The maximum atomic E-state index is 12.4. The van der Waals surface area contributed by atoms with Crippen molar-refractivity contribution in [3.05, 3.63) is 29.3 Å². The molecule has 1 fully saturated rings. The molecule has 0 spiro atoms. The molecule has 3 rings (SSSR count). The van der Waals surface area contributed by atoms with Gasteiger partial charge in [-0.2, -0.15) is 0 Å². The number of carbonyl (C=O) groups excluding carboxylic acids is 2. The van der Waals surface area contributed by atoms with E-state index in [4.69, 9.17) is 5.73 Å². The normalized spacial score (nSPS) is 20.2. The minimum atomic E-state index is -0.318. The zero-order valence-corrected chi connectivity index (χ0v) is 12.2. The number of rotatable bonds is 4. The van der Waals surface area contributed by atoms with Gasteiger partial charge < -0.3 is 16.4 Å². The van der Waals surface area contributed by atoms with Gasteiger partial charge in [-0.15, -0.1) is 0 Å². The molecule has 4 N–H and O–H groups in total. The van der Waals surface area contributed by atoms with Crippen molar-refractivity contribution in [3.63, 3.8) is 0 Å². The first-order chi connectivity index (χ1) is 10.0. The maximum absolute atomic E-state index is 12.4. The third kappa shape index (κ3) is 2.78. The molecular weight excluding hydrogens is 266 g/mol. The van der Waals surface area contributed by atoms with Crippen LogP contribution in [0.3, 0.4) is 0 Å². The topological polar surface area (TPSA) is 84.2 Å². The molecule has 5 nitrogen and oxygen atoms in total. The van der Waals surface area contributed by atoms with Crippen molar-refractivity contribution < 1.29 is 9.59 Å². The lowest BCUT2D eigenvalue weighted by molar-refractivity contribution is -0.116. The number of amides is 2. The van der Waals surface area contributed by atoms with Crippen LogP contribution in [0, 0.1) is 5.92 Å². The third-order valence-electron chi connectivity index (χ3n) is 4.56. The molecule has 2 amide bonds. The van der Waals surface area contributed by atoms with Crippen molar-refractivity contribution in [3.8, 4) is 0 Å². The number of anilines is 1. The lowest BCUT2D eigenvalue weighted by Gasteiger charge is -2.29. The fourth-order valence-corrected chi connectivity index (χ4v) is 2.90. The second kappa shape index (κ2) is 5.15. The van der Waals surface area contributed by atoms with Crippen LogP contribution in [-0.4, -0.2) is 23.9 Å². The lowest BCUT2D eigenvalue weighted by Crippen LogP contribution is -2.53. The predicted octanol–water partition coefficient (Wildman–Crippen LogP) is 1.43. The van der Waals surface area contributed by atoms with Gasteiger partial charge in [0, 0.05) is 24.2 Å². The smallest absolute Gasteiger partial charge is 0.251 e. The molecular formula is C16H21N3O2.